The summed E-state index contributed by atoms with van der Waals surface area (Å²) >= 11 is 6.43. The van der Waals surface area contributed by atoms with Crippen LogP contribution in [0.15, 0.2) is 11.7 Å². The van der Waals surface area contributed by atoms with Crippen LogP contribution in [-0.4, -0.2) is 27.6 Å². The first kappa shape index (κ1) is 13.3. The summed E-state index contributed by atoms with van der Waals surface area (Å²) in [4.78, 5) is 0. The third-order valence-corrected chi connectivity index (χ3v) is 5.99. The molecule has 0 aliphatic heterocycles. The van der Waals surface area contributed by atoms with E-state index < -0.39 is 5.95 Å². The van der Waals surface area contributed by atoms with Crippen LogP contribution < -0.4 is 0 Å². The number of aliphatic hydroxyl groups excluding tert-OH is 2. The highest BCUT2D eigenvalue weighted by molar-refractivity contribution is 14.1. The Morgan fingerprint density at radius 2 is 1.67 bits per heavy atom. The first-order chi connectivity index (χ1) is 5.50. The van der Waals surface area contributed by atoms with Crippen LogP contribution in [0, 0.1) is 0 Å². The van der Waals surface area contributed by atoms with Crippen molar-refractivity contribution in [2.45, 2.75) is 14.3 Å². The zero-order valence-electron chi connectivity index (χ0n) is 6.04. The fourth-order valence-electron chi connectivity index (χ4n) is 0.545. The van der Waals surface area contributed by atoms with Gasteiger partial charge in [0.1, 0.15) is 0 Å². The average molecular weight is 510 g/mol. The summed E-state index contributed by atoms with van der Waals surface area (Å²) in [5.41, 5.74) is 0. The van der Waals surface area contributed by atoms with Crippen LogP contribution in [0.5, 0.6) is 0 Å². The van der Waals surface area contributed by atoms with E-state index >= 15 is 0 Å². The van der Waals surface area contributed by atoms with Gasteiger partial charge in [-0.15, -0.1) is 0 Å². The number of alkyl halides is 3. The van der Waals surface area contributed by atoms with Gasteiger partial charge in [0.05, 0.1) is 3.92 Å². The molecule has 72 valence electrons. The van der Waals surface area contributed by atoms with Gasteiger partial charge in [-0.1, -0.05) is 67.8 Å². The molecule has 0 aliphatic carbocycles. The summed E-state index contributed by atoms with van der Waals surface area (Å²) in [6, 6.07) is 0. The standard InChI is InChI=1S/C6H9I3O3/c7-2-1-3(8)4(9)5(10)6(11)12/h3-4,10-12H,1-2H2. The number of hydrogen-bond acceptors (Lipinski definition) is 3. The lowest BCUT2D eigenvalue weighted by atomic mass is 10.2. The summed E-state index contributed by atoms with van der Waals surface area (Å²) in [5, 5.41) is 26.3. The molecule has 0 aromatic heterocycles. The Hall–Kier alpha value is 1.33. The first-order valence-corrected chi connectivity index (χ1v) is 7.17. The van der Waals surface area contributed by atoms with Crippen LogP contribution in [0.25, 0.3) is 0 Å². The molecule has 0 bridgehead atoms. The van der Waals surface area contributed by atoms with Crippen molar-refractivity contribution in [1.82, 2.24) is 0 Å². The van der Waals surface area contributed by atoms with E-state index in [-0.39, 0.29) is 13.6 Å². The molecule has 2 atom stereocenters. The van der Waals surface area contributed by atoms with E-state index in [0.29, 0.717) is 0 Å². The van der Waals surface area contributed by atoms with Crippen molar-refractivity contribution in [2.75, 3.05) is 4.43 Å². The Kier molecular flexibility index (Phi) is 7.48. The predicted molar refractivity (Wildman–Crippen MR) is 74.0 cm³/mol. The quantitative estimate of drug-likeness (QED) is 0.310. The maximum Gasteiger partial charge on any atom is 0.314 e. The Labute approximate surface area is 112 Å². The highest BCUT2D eigenvalue weighted by Gasteiger charge is 2.22. The molecule has 0 aromatic carbocycles. The summed E-state index contributed by atoms with van der Waals surface area (Å²) in [5.74, 6) is -1.30. The van der Waals surface area contributed by atoms with Crippen molar-refractivity contribution in [3.8, 4) is 0 Å². The molecule has 2 unspecified atom stereocenters. The topological polar surface area (TPSA) is 60.7 Å². The Morgan fingerprint density at radius 3 is 2.00 bits per heavy atom. The summed E-state index contributed by atoms with van der Waals surface area (Å²) in [6.45, 7) is 0. The van der Waals surface area contributed by atoms with Gasteiger partial charge in [-0.3, -0.25) is 0 Å². The predicted octanol–water partition coefficient (Wildman–Crippen LogP) is 3.26. The van der Waals surface area contributed by atoms with Crippen LogP contribution >= 0.6 is 67.8 Å². The van der Waals surface area contributed by atoms with Crippen LogP contribution in [0.1, 0.15) is 6.42 Å². The van der Waals surface area contributed by atoms with E-state index in [0.717, 1.165) is 10.8 Å². The maximum absolute atomic E-state index is 9.16. The van der Waals surface area contributed by atoms with Crippen molar-refractivity contribution >= 4 is 67.8 Å². The molecule has 0 radical (unpaired) electrons. The summed E-state index contributed by atoms with van der Waals surface area (Å²) in [7, 11) is 0. The molecule has 0 heterocycles. The summed E-state index contributed by atoms with van der Waals surface area (Å²) < 4.78 is 0.974. The van der Waals surface area contributed by atoms with Crippen molar-refractivity contribution < 1.29 is 15.3 Å². The molecule has 3 N–H and O–H groups in total. The van der Waals surface area contributed by atoms with Gasteiger partial charge in [-0.25, -0.2) is 0 Å². The zero-order valence-corrected chi connectivity index (χ0v) is 12.5. The minimum atomic E-state index is -0.968. The zero-order chi connectivity index (χ0) is 9.72. The van der Waals surface area contributed by atoms with Gasteiger partial charge in [0.2, 0.25) is 0 Å². The second-order valence-corrected chi connectivity index (χ2v) is 6.12. The molecule has 0 aliphatic rings. The maximum atomic E-state index is 9.16. The highest BCUT2D eigenvalue weighted by Crippen LogP contribution is 2.25. The number of aliphatic hydroxyl groups is 3. The van der Waals surface area contributed by atoms with Crippen molar-refractivity contribution in [2.24, 2.45) is 0 Å². The highest BCUT2D eigenvalue weighted by atomic mass is 127. The molecule has 0 amide bonds. The van der Waals surface area contributed by atoms with Crippen molar-refractivity contribution in [3.63, 3.8) is 0 Å². The molecular formula is C6H9I3O3. The van der Waals surface area contributed by atoms with Crippen LogP contribution in [0.4, 0.5) is 0 Å². The van der Waals surface area contributed by atoms with Crippen molar-refractivity contribution in [1.29, 1.82) is 0 Å². The van der Waals surface area contributed by atoms with Gasteiger partial charge in [-0.2, -0.15) is 0 Å². The Bertz CT molecular complexity index is 167. The molecule has 12 heavy (non-hydrogen) atoms. The van der Waals surface area contributed by atoms with E-state index in [9.17, 15) is 0 Å². The molecular weight excluding hydrogens is 501 g/mol. The Balaban J connectivity index is 4.19. The third kappa shape index (κ3) is 4.53. The second kappa shape index (κ2) is 6.74. The number of allylic oxidation sites excluding steroid dienone is 1. The fraction of sp³-hybridized carbons (Fsp3) is 0.667. The van der Waals surface area contributed by atoms with Crippen LogP contribution in [-0.2, 0) is 0 Å². The minimum Gasteiger partial charge on any atom is -0.505 e. The number of halogens is 3. The van der Waals surface area contributed by atoms with Crippen LogP contribution in [0.2, 0.25) is 0 Å². The molecule has 0 spiro atoms. The molecule has 0 aromatic rings. The normalized spacial score (nSPS) is 15.2. The molecule has 0 saturated carbocycles. The van der Waals surface area contributed by atoms with Crippen LogP contribution in [0.3, 0.4) is 0 Å². The molecule has 3 nitrogen and oxygen atoms in total. The lowest BCUT2D eigenvalue weighted by Crippen LogP contribution is -2.18. The SMILES string of the molecule is OC(O)=C(O)C(I)C(I)CCI. The smallest absolute Gasteiger partial charge is 0.314 e. The van der Waals surface area contributed by atoms with Gasteiger partial charge in [0, 0.05) is 8.35 Å². The largest absolute Gasteiger partial charge is 0.505 e. The molecule has 6 heteroatoms. The van der Waals surface area contributed by atoms with E-state index in [1.807, 2.05) is 22.6 Å². The second-order valence-electron chi connectivity index (χ2n) is 2.10. The van der Waals surface area contributed by atoms with E-state index in [4.69, 9.17) is 15.3 Å². The van der Waals surface area contributed by atoms with E-state index in [1.165, 1.54) is 0 Å². The lowest BCUT2D eigenvalue weighted by molar-refractivity contribution is 0.156. The molecule has 0 rings (SSSR count). The van der Waals surface area contributed by atoms with Gasteiger partial charge >= 0.3 is 5.95 Å². The number of hydrogen-bond donors (Lipinski definition) is 3. The van der Waals surface area contributed by atoms with Crippen molar-refractivity contribution in [3.05, 3.63) is 11.7 Å². The lowest BCUT2D eigenvalue weighted by Gasteiger charge is -2.14. The Morgan fingerprint density at radius 1 is 1.17 bits per heavy atom. The van der Waals surface area contributed by atoms with Gasteiger partial charge in [0.25, 0.3) is 0 Å². The summed E-state index contributed by atoms with van der Waals surface area (Å²) in [6.07, 6.45) is 0.937. The molecule has 0 fully saturated rings. The molecule has 0 saturated heterocycles. The van der Waals surface area contributed by atoms with Gasteiger partial charge in [-0.05, 0) is 6.42 Å². The van der Waals surface area contributed by atoms with Gasteiger partial charge in [0.15, 0.2) is 5.76 Å². The minimum absolute atomic E-state index is 0.217. The van der Waals surface area contributed by atoms with E-state index in [2.05, 4.69) is 45.2 Å². The fourth-order valence-corrected chi connectivity index (χ4v) is 3.70. The first-order valence-electron chi connectivity index (χ1n) is 3.15. The number of rotatable bonds is 4. The average Bonchev–Trinajstić information content (AvgIpc) is 2.02. The van der Waals surface area contributed by atoms with Gasteiger partial charge < -0.3 is 15.3 Å². The monoisotopic (exact) mass is 510 g/mol. The van der Waals surface area contributed by atoms with E-state index in [1.54, 1.807) is 0 Å². The third-order valence-electron chi connectivity index (χ3n) is 1.19.